The molecule has 0 spiro atoms. The zero-order valence-corrected chi connectivity index (χ0v) is 14.8. The predicted octanol–water partition coefficient (Wildman–Crippen LogP) is 3.43. The summed E-state index contributed by atoms with van der Waals surface area (Å²) in [4.78, 5) is 15.9. The molecule has 0 saturated carbocycles. The Bertz CT molecular complexity index is 702. The van der Waals surface area contributed by atoms with Crippen LogP contribution in [0.2, 0.25) is 0 Å². The summed E-state index contributed by atoms with van der Waals surface area (Å²) in [5.41, 5.74) is 1.16. The number of rotatable bonds is 5. The van der Waals surface area contributed by atoms with Crippen LogP contribution >= 0.6 is 11.8 Å². The monoisotopic (exact) mass is 346 g/mol. The number of nitrogens with zero attached hydrogens (tertiary/aromatic N) is 2. The first kappa shape index (κ1) is 17.0. The van der Waals surface area contributed by atoms with E-state index in [4.69, 9.17) is 4.52 Å². The highest BCUT2D eigenvalue weighted by atomic mass is 32.2. The fourth-order valence-corrected chi connectivity index (χ4v) is 4.11. The molecule has 1 aliphatic rings. The minimum absolute atomic E-state index is 0.000278. The van der Waals surface area contributed by atoms with Crippen molar-refractivity contribution in [2.75, 3.05) is 13.2 Å². The third-order valence-corrected chi connectivity index (χ3v) is 5.49. The Morgan fingerprint density at radius 2 is 2.21 bits per heavy atom. The van der Waals surface area contributed by atoms with Crippen LogP contribution in [-0.4, -0.2) is 40.3 Å². The lowest BCUT2D eigenvalue weighted by Crippen LogP contribution is -2.38. The van der Waals surface area contributed by atoms with Crippen LogP contribution in [-0.2, 0) is 0 Å². The minimum atomic E-state index is -0.100. The van der Waals surface area contributed by atoms with Crippen LogP contribution in [0.15, 0.2) is 39.8 Å². The van der Waals surface area contributed by atoms with E-state index >= 15 is 0 Å². The molecule has 1 fully saturated rings. The molecule has 0 aliphatic carbocycles. The summed E-state index contributed by atoms with van der Waals surface area (Å²) in [7, 11) is 0. The average molecular weight is 346 g/mol. The van der Waals surface area contributed by atoms with Gasteiger partial charge in [-0.15, -0.1) is 11.8 Å². The highest BCUT2D eigenvalue weighted by Crippen LogP contribution is 2.37. The summed E-state index contributed by atoms with van der Waals surface area (Å²) in [5, 5.41) is 13.5. The van der Waals surface area contributed by atoms with Gasteiger partial charge in [0.1, 0.15) is 5.56 Å². The number of aromatic nitrogens is 1. The Hall–Kier alpha value is -1.79. The van der Waals surface area contributed by atoms with Gasteiger partial charge in [-0.2, -0.15) is 0 Å². The molecule has 3 rings (SSSR count). The predicted molar refractivity (Wildman–Crippen MR) is 93.1 cm³/mol. The van der Waals surface area contributed by atoms with E-state index in [0.29, 0.717) is 23.6 Å². The fraction of sp³-hybridized carbons (Fsp3) is 0.444. The Balaban J connectivity index is 1.84. The Kier molecular flexibility index (Phi) is 5.26. The molecule has 0 bridgehead atoms. The normalized spacial score (nSPS) is 18.8. The van der Waals surface area contributed by atoms with E-state index in [9.17, 15) is 9.90 Å². The van der Waals surface area contributed by atoms with Gasteiger partial charge in [0.05, 0.1) is 23.6 Å². The lowest BCUT2D eigenvalue weighted by Gasteiger charge is -2.23. The van der Waals surface area contributed by atoms with Crippen LogP contribution in [0.1, 0.15) is 46.8 Å². The molecule has 0 unspecified atom stereocenters. The van der Waals surface area contributed by atoms with E-state index < -0.39 is 0 Å². The number of carbonyl (C=O) groups is 1. The first-order valence-corrected chi connectivity index (χ1v) is 9.09. The summed E-state index contributed by atoms with van der Waals surface area (Å²) in [6.45, 7) is 4.49. The lowest BCUT2D eigenvalue weighted by molar-refractivity contribution is 0.0674. The Labute approximate surface area is 146 Å². The number of aliphatic hydroxyl groups excluding tert-OH is 1. The van der Waals surface area contributed by atoms with Gasteiger partial charge in [-0.05, 0) is 38.8 Å². The minimum Gasteiger partial charge on any atom is -0.394 e. The maximum Gasteiger partial charge on any atom is 0.259 e. The van der Waals surface area contributed by atoms with Crippen molar-refractivity contribution in [3.63, 3.8) is 0 Å². The van der Waals surface area contributed by atoms with Gasteiger partial charge in [-0.25, -0.2) is 0 Å². The summed E-state index contributed by atoms with van der Waals surface area (Å²) in [5.74, 6) is 0.524. The Morgan fingerprint density at radius 1 is 1.46 bits per heavy atom. The van der Waals surface area contributed by atoms with Crippen LogP contribution in [0.5, 0.6) is 0 Å². The topological polar surface area (TPSA) is 66.6 Å². The van der Waals surface area contributed by atoms with Crippen molar-refractivity contribution in [2.45, 2.75) is 42.9 Å². The molecule has 1 saturated heterocycles. The van der Waals surface area contributed by atoms with E-state index in [1.165, 1.54) is 0 Å². The van der Waals surface area contributed by atoms with E-state index in [1.54, 1.807) is 23.6 Å². The van der Waals surface area contributed by atoms with E-state index in [-0.39, 0.29) is 23.8 Å². The summed E-state index contributed by atoms with van der Waals surface area (Å²) < 4.78 is 5.50. The number of hydrogen-bond donors (Lipinski definition) is 1. The average Bonchev–Trinajstić information content (AvgIpc) is 3.21. The quantitative estimate of drug-likeness (QED) is 0.840. The van der Waals surface area contributed by atoms with Gasteiger partial charge in [0.25, 0.3) is 5.91 Å². The van der Waals surface area contributed by atoms with Crippen molar-refractivity contribution in [1.82, 2.24) is 10.1 Å². The molecule has 1 aliphatic heterocycles. The number of aryl methyl sites for hydroxylation is 1. The van der Waals surface area contributed by atoms with Crippen molar-refractivity contribution in [2.24, 2.45) is 0 Å². The number of amides is 1. The molecule has 24 heavy (non-hydrogen) atoms. The number of carbonyl (C=O) groups excluding carboxylic acids is 1. The molecule has 5 nitrogen and oxygen atoms in total. The third-order valence-electron chi connectivity index (χ3n) is 4.38. The van der Waals surface area contributed by atoms with Gasteiger partial charge < -0.3 is 14.5 Å². The summed E-state index contributed by atoms with van der Waals surface area (Å²) >= 11 is 1.64. The molecule has 2 atom stereocenters. The van der Waals surface area contributed by atoms with Crippen molar-refractivity contribution >= 4 is 17.7 Å². The van der Waals surface area contributed by atoms with Crippen LogP contribution in [0, 0.1) is 6.92 Å². The second-order valence-corrected chi connectivity index (χ2v) is 7.47. The summed E-state index contributed by atoms with van der Waals surface area (Å²) in [6.07, 6.45) is 1.77. The van der Waals surface area contributed by atoms with Gasteiger partial charge in [0.2, 0.25) is 0 Å². The van der Waals surface area contributed by atoms with E-state index in [1.807, 2.05) is 37.3 Å². The summed E-state index contributed by atoms with van der Waals surface area (Å²) in [6, 6.07) is 9.93. The van der Waals surface area contributed by atoms with Crippen molar-refractivity contribution in [3.05, 3.63) is 47.3 Å². The fourth-order valence-electron chi connectivity index (χ4n) is 3.12. The van der Waals surface area contributed by atoms with Crippen LogP contribution in [0.25, 0.3) is 0 Å². The first-order valence-electron chi connectivity index (χ1n) is 8.21. The molecule has 6 heteroatoms. The van der Waals surface area contributed by atoms with Gasteiger partial charge in [0.15, 0.2) is 5.76 Å². The van der Waals surface area contributed by atoms with Gasteiger partial charge in [0, 0.05) is 11.4 Å². The zero-order chi connectivity index (χ0) is 17.1. The molecule has 2 aromatic rings. The highest BCUT2D eigenvalue weighted by molar-refractivity contribution is 7.99. The van der Waals surface area contributed by atoms with Crippen molar-refractivity contribution < 1.29 is 14.4 Å². The van der Waals surface area contributed by atoms with Crippen molar-refractivity contribution in [3.8, 4) is 0 Å². The third kappa shape index (κ3) is 3.35. The van der Waals surface area contributed by atoms with Crippen LogP contribution in [0.3, 0.4) is 0 Å². The second kappa shape index (κ2) is 7.40. The van der Waals surface area contributed by atoms with E-state index in [2.05, 4.69) is 5.16 Å². The molecule has 1 amide bonds. The van der Waals surface area contributed by atoms with Gasteiger partial charge in [-0.3, -0.25) is 4.79 Å². The standard InChI is InChI=1S/C18H22N2O3S/c1-12-16(18(22)20-10-6-7-14(20)11-21)17(23-19-12)13(2)24-15-8-4-3-5-9-15/h3-5,8-9,13-14,21H,6-7,10-11H2,1-2H3/t13-,14+/m1/s1. The maximum atomic E-state index is 13.0. The molecule has 0 radical (unpaired) electrons. The number of thioether (sulfide) groups is 1. The SMILES string of the molecule is Cc1noc([C@@H](C)Sc2ccccc2)c1C(=O)N1CCC[C@H]1CO. The van der Waals surface area contributed by atoms with Crippen molar-refractivity contribution in [1.29, 1.82) is 0 Å². The molecule has 1 aromatic heterocycles. The molecular weight excluding hydrogens is 324 g/mol. The largest absolute Gasteiger partial charge is 0.394 e. The van der Waals surface area contributed by atoms with Crippen LogP contribution < -0.4 is 0 Å². The number of hydrogen-bond acceptors (Lipinski definition) is 5. The number of aliphatic hydroxyl groups is 1. The lowest BCUT2D eigenvalue weighted by atomic mass is 10.1. The van der Waals surface area contributed by atoms with Crippen LogP contribution in [0.4, 0.5) is 0 Å². The van der Waals surface area contributed by atoms with Gasteiger partial charge in [-0.1, -0.05) is 23.4 Å². The first-order chi connectivity index (χ1) is 11.6. The maximum absolute atomic E-state index is 13.0. The number of likely N-dealkylation sites (tertiary alicyclic amines) is 1. The molecule has 128 valence electrons. The van der Waals surface area contributed by atoms with E-state index in [0.717, 1.165) is 17.7 Å². The number of benzene rings is 1. The molecule has 1 N–H and O–H groups in total. The Morgan fingerprint density at radius 3 is 2.92 bits per heavy atom. The second-order valence-electron chi connectivity index (χ2n) is 6.06. The molecular formula is C18H22N2O3S. The zero-order valence-electron chi connectivity index (χ0n) is 13.9. The molecule has 2 heterocycles. The van der Waals surface area contributed by atoms with Gasteiger partial charge >= 0.3 is 0 Å². The smallest absolute Gasteiger partial charge is 0.259 e. The highest BCUT2D eigenvalue weighted by Gasteiger charge is 2.34. The molecule has 1 aromatic carbocycles.